The van der Waals surface area contributed by atoms with Crippen LogP contribution in [0, 0.1) is 0 Å². The van der Waals surface area contributed by atoms with Crippen LogP contribution in [0.15, 0.2) is 186 Å². The van der Waals surface area contributed by atoms with Crippen LogP contribution >= 0.6 is 0 Å². The number of hydrogen-bond donors (Lipinski definition) is 0. The summed E-state index contributed by atoms with van der Waals surface area (Å²) in [6, 6.07) is 6.63. The van der Waals surface area contributed by atoms with Gasteiger partial charge in [0, 0.05) is 43.7 Å². The van der Waals surface area contributed by atoms with Gasteiger partial charge in [-0.3, -0.25) is 0 Å². The third-order valence-electron chi connectivity index (χ3n) is 9.09. The van der Waals surface area contributed by atoms with Crippen LogP contribution in [0.4, 0.5) is 0 Å². The summed E-state index contributed by atoms with van der Waals surface area (Å²) < 4.78 is 180. The number of benzene rings is 8. The van der Waals surface area contributed by atoms with Gasteiger partial charge in [0.2, 0.25) is 0 Å². The highest BCUT2D eigenvalue weighted by Gasteiger charge is 2.18. The van der Waals surface area contributed by atoms with E-state index in [2.05, 4.69) is 0 Å². The van der Waals surface area contributed by atoms with Crippen LogP contribution in [-0.2, 0) is 0 Å². The van der Waals surface area contributed by atoms with Gasteiger partial charge in [-0.2, -0.15) is 0 Å². The van der Waals surface area contributed by atoms with Crippen molar-refractivity contribution >= 4 is 65.6 Å². The molecule has 0 N–H and O–H groups in total. The Balaban J connectivity index is 1.27. The Morgan fingerprint density at radius 3 is 1.71 bits per heavy atom. The fourth-order valence-electron chi connectivity index (χ4n) is 6.92. The minimum atomic E-state index is -0.718. The van der Waals surface area contributed by atoms with Gasteiger partial charge in [0.05, 0.1) is 48.1 Å². The largest absolute Gasteiger partial charge is 0.456 e. The molecule has 0 radical (unpaired) electrons. The zero-order valence-electron chi connectivity index (χ0n) is 45.2. The van der Waals surface area contributed by atoms with E-state index in [1.165, 1.54) is 15.2 Å². The van der Waals surface area contributed by atoms with Crippen molar-refractivity contribution in [2.24, 2.45) is 0 Å². The van der Waals surface area contributed by atoms with Crippen molar-refractivity contribution in [3.8, 4) is 33.6 Å². The molecule has 3 heteroatoms. The molecule has 0 spiro atoms. The zero-order valence-corrected chi connectivity index (χ0v) is 26.2. The molecule has 0 aliphatic carbocycles. The van der Waals surface area contributed by atoms with E-state index >= 15 is 0 Å². The lowest BCUT2D eigenvalue weighted by molar-refractivity contribution is 0.669. The molecular weight excluding hydrogens is 621 g/mol. The van der Waals surface area contributed by atoms with E-state index in [0.717, 1.165) is 0 Å². The molecule has 0 aliphatic rings. The number of rotatable bonds is 4. The summed E-state index contributed by atoms with van der Waals surface area (Å²) in [5, 5.41) is -0.153. The maximum Gasteiger partial charge on any atom is 0.136 e. The normalized spacial score (nSPS) is 17.1. The Morgan fingerprint density at radius 2 is 1.02 bits per heavy atom. The predicted molar refractivity (Wildman–Crippen MR) is 213 cm³/mol. The minimum absolute atomic E-state index is 0.0820. The van der Waals surface area contributed by atoms with Crippen molar-refractivity contribution in [2.75, 3.05) is 0 Å². The van der Waals surface area contributed by atoms with E-state index in [1.807, 2.05) is 0 Å². The van der Waals surface area contributed by atoms with Crippen molar-refractivity contribution < 1.29 is 30.5 Å². The molecule has 8 aromatic carbocycles. The molecule has 11 rings (SSSR count). The molecule has 0 unspecified atom stereocenters. The first-order valence-electron chi connectivity index (χ1n) is 25.4. The van der Waals surface area contributed by atoms with Gasteiger partial charge in [-0.05, 0) is 94.9 Å². The van der Waals surface area contributed by atoms with E-state index in [4.69, 9.17) is 19.5 Å². The van der Waals surface area contributed by atoms with Gasteiger partial charge in [0.15, 0.2) is 0 Å². The van der Waals surface area contributed by atoms with Crippen LogP contribution in [0.2, 0.25) is 0 Å². The Morgan fingerprint density at radius 1 is 0.412 bits per heavy atom. The SMILES string of the molecule is [2H]c1c([2H])c([2H])c(-c2cccc3oc4ccc(-n5c6c([2H])c([2H])c([2H])c([2H])c6c6c([2H])c(-c7c([2H])c([2H])c8c(c7[2H])c7c([2H])c([2H])c([2H])c([2H])c7n8-c7ccccc7)c([2H])c([2H])c65)cc4c23)c([2H])c1[2H]. The topological polar surface area (TPSA) is 23.0 Å². The maximum atomic E-state index is 9.89. The highest BCUT2D eigenvalue weighted by Crippen LogP contribution is 2.41. The summed E-state index contributed by atoms with van der Waals surface area (Å²) in [6.45, 7) is 0. The highest BCUT2D eigenvalue weighted by molar-refractivity contribution is 6.15. The second kappa shape index (κ2) is 10.8. The number of furan rings is 1. The first-order valence-corrected chi connectivity index (χ1v) is 15.9. The number of aromatic nitrogens is 2. The van der Waals surface area contributed by atoms with Crippen molar-refractivity contribution in [1.29, 1.82) is 0 Å². The number of nitrogens with zero attached hydrogens (tertiary/aromatic N) is 2. The van der Waals surface area contributed by atoms with E-state index in [-0.39, 0.29) is 71.6 Å². The molecule has 0 atom stereocenters. The van der Waals surface area contributed by atoms with Crippen LogP contribution in [0.1, 0.15) is 26.0 Å². The predicted octanol–water partition coefficient (Wildman–Crippen LogP) is 13.1. The van der Waals surface area contributed by atoms with E-state index < -0.39 is 126 Å². The number of para-hydroxylation sites is 3. The Kier molecular flexibility index (Phi) is 3.26. The smallest absolute Gasteiger partial charge is 0.136 e. The second-order valence-corrected chi connectivity index (χ2v) is 11.9. The molecule has 11 aromatic rings. The first-order chi connectivity index (χ1) is 33.2. The second-order valence-electron chi connectivity index (χ2n) is 11.9. The molecule has 0 bridgehead atoms. The third kappa shape index (κ3) is 4.19. The van der Waals surface area contributed by atoms with Crippen LogP contribution < -0.4 is 0 Å². The molecule has 0 fully saturated rings. The monoisotopic (exact) mass is 669 g/mol. The lowest BCUT2D eigenvalue weighted by atomic mass is 9.99. The maximum absolute atomic E-state index is 9.89. The van der Waals surface area contributed by atoms with Crippen LogP contribution in [0.5, 0.6) is 0 Å². The summed E-state index contributed by atoms with van der Waals surface area (Å²) in [7, 11) is 0. The van der Waals surface area contributed by atoms with Gasteiger partial charge in [0.25, 0.3) is 0 Å². The lowest BCUT2D eigenvalue weighted by Gasteiger charge is -2.10. The Labute approximate surface area is 320 Å². The number of hydrogen-bond acceptors (Lipinski definition) is 1. The summed E-state index contributed by atoms with van der Waals surface area (Å²) in [5.74, 6) is 0. The first kappa shape index (κ1) is 15.4. The summed E-state index contributed by atoms with van der Waals surface area (Å²) >= 11 is 0. The Hall–Kier alpha value is -6.84. The van der Waals surface area contributed by atoms with Gasteiger partial charge < -0.3 is 13.6 Å². The standard InChI is InChI=1S/C48H30N2O/c1-3-12-31(13-4-1)36-18-11-21-47-48(36)41-30-35(24-27-46(41)51-47)50-43-20-10-8-17-38(43)40-29-33(23-26-45(40)50)32-22-25-44-39(28-32)37-16-7-9-19-42(37)49(44)34-14-5-2-6-15-34/h1-30H/i1D,3D,4D,7D,8D,9D,10D,12D,13D,16D,17D,19D,20D,22D,23D,25D,26D,28D,29D. The van der Waals surface area contributed by atoms with Crippen molar-refractivity contribution in [3.05, 3.63) is 182 Å². The summed E-state index contributed by atoms with van der Waals surface area (Å²) in [5.41, 5.74) is -0.417. The summed E-state index contributed by atoms with van der Waals surface area (Å²) in [6.07, 6.45) is 0. The highest BCUT2D eigenvalue weighted by atomic mass is 16.3. The van der Waals surface area contributed by atoms with Crippen molar-refractivity contribution in [2.45, 2.75) is 0 Å². The van der Waals surface area contributed by atoms with Gasteiger partial charge in [-0.25, -0.2) is 0 Å². The van der Waals surface area contributed by atoms with Gasteiger partial charge in [0.1, 0.15) is 11.2 Å². The third-order valence-corrected chi connectivity index (χ3v) is 9.09. The molecule has 3 aromatic heterocycles. The molecule has 238 valence electrons. The molecule has 0 saturated carbocycles. The van der Waals surface area contributed by atoms with E-state index in [0.29, 0.717) is 16.5 Å². The van der Waals surface area contributed by atoms with Gasteiger partial charge >= 0.3 is 0 Å². The fourth-order valence-corrected chi connectivity index (χ4v) is 6.92. The van der Waals surface area contributed by atoms with Crippen molar-refractivity contribution in [1.82, 2.24) is 9.13 Å². The molecule has 3 heterocycles. The lowest BCUT2D eigenvalue weighted by Crippen LogP contribution is -1.93. The number of fused-ring (bicyclic) bond motifs is 9. The van der Waals surface area contributed by atoms with Crippen molar-refractivity contribution in [3.63, 3.8) is 0 Å². The average molecular weight is 670 g/mol. The zero-order chi connectivity index (χ0) is 50.0. The average Bonchev–Trinajstić information content (AvgIpc) is 4.04. The molecule has 0 amide bonds. The van der Waals surface area contributed by atoms with Gasteiger partial charge in [-0.1, -0.05) is 109 Å². The molecular formula is C48H30N2O. The van der Waals surface area contributed by atoms with Gasteiger partial charge in [-0.15, -0.1) is 0 Å². The summed E-state index contributed by atoms with van der Waals surface area (Å²) in [4.78, 5) is 0. The molecule has 3 nitrogen and oxygen atoms in total. The molecule has 0 aliphatic heterocycles. The fraction of sp³-hybridized carbons (Fsp3) is 0. The minimum Gasteiger partial charge on any atom is -0.456 e. The van der Waals surface area contributed by atoms with E-state index in [9.17, 15) is 11.0 Å². The Bertz CT molecular complexity index is 4200. The van der Waals surface area contributed by atoms with Crippen LogP contribution in [0.25, 0.3) is 99.2 Å². The quantitative estimate of drug-likeness (QED) is 0.183. The molecule has 0 saturated heterocycles. The molecule has 51 heavy (non-hydrogen) atoms. The van der Waals surface area contributed by atoms with E-state index in [1.54, 1.807) is 60.7 Å². The van der Waals surface area contributed by atoms with Crippen LogP contribution in [0.3, 0.4) is 0 Å². The van der Waals surface area contributed by atoms with Crippen LogP contribution in [-0.4, -0.2) is 9.13 Å².